The van der Waals surface area contributed by atoms with Crippen molar-refractivity contribution in [2.75, 3.05) is 5.73 Å². The van der Waals surface area contributed by atoms with E-state index in [1.54, 1.807) is 0 Å². The first-order chi connectivity index (χ1) is 13.3. The summed E-state index contributed by atoms with van der Waals surface area (Å²) in [6.45, 7) is 5.96. The van der Waals surface area contributed by atoms with Crippen LogP contribution >= 0.6 is 0 Å². The second kappa shape index (κ2) is 9.93. The van der Waals surface area contributed by atoms with E-state index in [1.807, 2.05) is 69.3 Å². The van der Waals surface area contributed by atoms with Crippen LogP contribution in [-0.2, 0) is 16.1 Å². The Morgan fingerprint density at radius 2 is 1.71 bits per heavy atom. The third-order valence-electron chi connectivity index (χ3n) is 4.86. The van der Waals surface area contributed by atoms with Gasteiger partial charge in [-0.25, -0.2) is 4.79 Å². The van der Waals surface area contributed by atoms with Gasteiger partial charge in [0.2, 0.25) is 5.91 Å². The molecule has 5 heteroatoms. The van der Waals surface area contributed by atoms with Crippen LogP contribution < -0.4 is 5.73 Å². The fourth-order valence-electron chi connectivity index (χ4n) is 3.34. The zero-order chi connectivity index (χ0) is 20.7. The summed E-state index contributed by atoms with van der Waals surface area (Å²) in [7, 11) is 0. The largest absolute Gasteiger partial charge is 0.480 e. The molecule has 0 spiro atoms. The molecule has 1 atom stereocenters. The Kier molecular flexibility index (Phi) is 7.61. The lowest BCUT2D eigenvalue weighted by molar-refractivity contribution is -0.153. The molecule has 0 fully saturated rings. The average molecular weight is 383 g/mol. The molecule has 2 rings (SSSR count). The second-order valence-electron chi connectivity index (χ2n) is 7.44. The highest BCUT2D eigenvalue weighted by molar-refractivity contribution is 5.84. The number of hydrogen-bond donors (Lipinski definition) is 2. The molecule has 150 valence electrons. The first-order valence-corrected chi connectivity index (χ1v) is 9.81. The Balaban J connectivity index is 2.26. The van der Waals surface area contributed by atoms with Gasteiger partial charge in [0.05, 0.1) is 0 Å². The molecule has 0 heterocycles. The van der Waals surface area contributed by atoms with Crippen LogP contribution in [0.1, 0.15) is 45.6 Å². The maximum Gasteiger partial charge on any atom is 0.326 e. The lowest BCUT2D eigenvalue weighted by Gasteiger charge is -2.32. The highest BCUT2D eigenvalue weighted by atomic mass is 16.4. The van der Waals surface area contributed by atoms with E-state index >= 15 is 0 Å². The van der Waals surface area contributed by atoms with Gasteiger partial charge in [-0.1, -0.05) is 69.7 Å². The number of anilines is 1. The van der Waals surface area contributed by atoms with E-state index in [0.717, 1.165) is 29.5 Å². The minimum absolute atomic E-state index is 0.112. The maximum absolute atomic E-state index is 12.7. The van der Waals surface area contributed by atoms with Crippen molar-refractivity contribution in [1.29, 1.82) is 0 Å². The third-order valence-corrected chi connectivity index (χ3v) is 4.86. The summed E-state index contributed by atoms with van der Waals surface area (Å²) < 4.78 is 0. The SMILES string of the molecule is CCCCC(=O)N(Cc1ccc(-c2ccccc2N)cc1)C(C(=O)O)C(C)C. The smallest absolute Gasteiger partial charge is 0.326 e. The standard InChI is InChI=1S/C23H30N2O3/c1-4-5-10-21(26)25(22(16(2)3)23(27)28)15-17-11-13-18(14-12-17)19-8-6-7-9-20(19)24/h6-9,11-14,16,22H,4-5,10,15,24H2,1-3H3,(H,27,28). The molecule has 2 aromatic carbocycles. The van der Waals surface area contributed by atoms with E-state index in [2.05, 4.69) is 0 Å². The Hall–Kier alpha value is -2.82. The van der Waals surface area contributed by atoms with Gasteiger partial charge in [0.15, 0.2) is 0 Å². The van der Waals surface area contributed by atoms with Gasteiger partial charge in [0.1, 0.15) is 6.04 Å². The highest BCUT2D eigenvalue weighted by Gasteiger charge is 2.32. The third kappa shape index (κ3) is 5.35. The number of nitrogens with two attached hydrogens (primary N) is 1. The van der Waals surface area contributed by atoms with E-state index in [4.69, 9.17) is 5.73 Å². The number of rotatable bonds is 9. The molecule has 0 aromatic heterocycles. The predicted molar refractivity (Wildman–Crippen MR) is 113 cm³/mol. The fourth-order valence-corrected chi connectivity index (χ4v) is 3.34. The number of unbranched alkanes of at least 4 members (excludes halogenated alkanes) is 1. The summed E-state index contributed by atoms with van der Waals surface area (Å²) in [5, 5.41) is 9.68. The number of amides is 1. The van der Waals surface area contributed by atoms with Crippen molar-refractivity contribution >= 4 is 17.6 Å². The van der Waals surface area contributed by atoms with E-state index in [-0.39, 0.29) is 18.4 Å². The summed E-state index contributed by atoms with van der Waals surface area (Å²) >= 11 is 0. The van der Waals surface area contributed by atoms with E-state index in [1.165, 1.54) is 4.90 Å². The van der Waals surface area contributed by atoms with Crippen molar-refractivity contribution in [2.45, 2.75) is 52.6 Å². The normalized spacial score (nSPS) is 12.0. The molecule has 5 nitrogen and oxygen atoms in total. The number of hydrogen-bond acceptors (Lipinski definition) is 3. The van der Waals surface area contributed by atoms with Crippen molar-refractivity contribution in [3.8, 4) is 11.1 Å². The summed E-state index contributed by atoms with van der Waals surface area (Å²) in [6.07, 6.45) is 2.02. The number of nitrogen functional groups attached to an aromatic ring is 1. The molecule has 0 saturated carbocycles. The van der Waals surface area contributed by atoms with Gasteiger partial charge in [-0.05, 0) is 29.5 Å². The molecule has 0 radical (unpaired) electrons. The van der Waals surface area contributed by atoms with Crippen LogP contribution in [-0.4, -0.2) is 27.9 Å². The molecular formula is C23H30N2O3. The summed E-state index contributed by atoms with van der Waals surface area (Å²) in [5.41, 5.74) is 9.59. The minimum Gasteiger partial charge on any atom is -0.480 e. The average Bonchev–Trinajstić information content (AvgIpc) is 2.66. The van der Waals surface area contributed by atoms with Crippen LogP contribution in [0.5, 0.6) is 0 Å². The zero-order valence-corrected chi connectivity index (χ0v) is 16.9. The minimum atomic E-state index is -0.964. The summed E-state index contributed by atoms with van der Waals surface area (Å²) in [6, 6.07) is 14.6. The van der Waals surface area contributed by atoms with Crippen LogP contribution in [0.4, 0.5) is 5.69 Å². The number of aliphatic carboxylic acids is 1. The number of carbonyl (C=O) groups excluding carboxylic acids is 1. The predicted octanol–water partition coefficient (Wildman–Crippen LogP) is 4.56. The van der Waals surface area contributed by atoms with Crippen LogP contribution in [0, 0.1) is 5.92 Å². The van der Waals surface area contributed by atoms with Crippen LogP contribution in [0.3, 0.4) is 0 Å². The molecule has 2 aromatic rings. The molecule has 28 heavy (non-hydrogen) atoms. The molecule has 0 saturated heterocycles. The molecule has 3 N–H and O–H groups in total. The van der Waals surface area contributed by atoms with Gasteiger partial charge in [-0.15, -0.1) is 0 Å². The lowest BCUT2D eigenvalue weighted by atomic mass is 9.99. The van der Waals surface area contributed by atoms with E-state index < -0.39 is 12.0 Å². The molecule has 0 aliphatic rings. The molecule has 0 aliphatic heterocycles. The van der Waals surface area contributed by atoms with Crippen molar-refractivity contribution in [2.24, 2.45) is 5.92 Å². The first-order valence-electron chi connectivity index (χ1n) is 9.81. The van der Waals surface area contributed by atoms with Gasteiger partial charge >= 0.3 is 5.97 Å². The fraction of sp³-hybridized carbons (Fsp3) is 0.391. The van der Waals surface area contributed by atoms with E-state index in [0.29, 0.717) is 12.1 Å². The van der Waals surface area contributed by atoms with E-state index in [9.17, 15) is 14.7 Å². The highest BCUT2D eigenvalue weighted by Crippen LogP contribution is 2.26. The maximum atomic E-state index is 12.7. The van der Waals surface area contributed by atoms with Crippen LogP contribution in [0.2, 0.25) is 0 Å². The molecule has 1 amide bonds. The molecule has 0 aliphatic carbocycles. The van der Waals surface area contributed by atoms with Crippen LogP contribution in [0.15, 0.2) is 48.5 Å². The Morgan fingerprint density at radius 3 is 2.25 bits per heavy atom. The summed E-state index contributed by atoms with van der Waals surface area (Å²) in [5.74, 6) is -1.25. The first kappa shape index (κ1) is 21.5. The molecule has 1 unspecified atom stereocenters. The van der Waals surface area contributed by atoms with Gasteiger partial charge in [0.25, 0.3) is 0 Å². The Labute approximate surface area is 167 Å². The lowest BCUT2D eigenvalue weighted by Crippen LogP contribution is -2.47. The van der Waals surface area contributed by atoms with Gasteiger partial charge in [0, 0.05) is 24.2 Å². The Bertz CT molecular complexity index is 800. The van der Waals surface area contributed by atoms with Crippen LogP contribution in [0.25, 0.3) is 11.1 Å². The summed E-state index contributed by atoms with van der Waals surface area (Å²) in [4.78, 5) is 26.1. The van der Waals surface area contributed by atoms with Crippen molar-refractivity contribution in [3.05, 3.63) is 54.1 Å². The zero-order valence-electron chi connectivity index (χ0n) is 16.9. The number of carboxylic acid groups (broad SMARTS) is 1. The van der Waals surface area contributed by atoms with Gasteiger partial charge < -0.3 is 15.7 Å². The van der Waals surface area contributed by atoms with Crippen molar-refractivity contribution in [1.82, 2.24) is 4.90 Å². The van der Waals surface area contributed by atoms with Crippen molar-refractivity contribution in [3.63, 3.8) is 0 Å². The van der Waals surface area contributed by atoms with Crippen molar-refractivity contribution < 1.29 is 14.7 Å². The van der Waals surface area contributed by atoms with Gasteiger partial charge in [-0.3, -0.25) is 4.79 Å². The van der Waals surface area contributed by atoms with Gasteiger partial charge in [-0.2, -0.15) is 0 Å². The number of nitrogens with zero attached hydrogens (tertiary/aromatic N) is 1. The number of para-hydroxylation sites is 1. The second-order valence-corrected chi connectivity index (χ2v) is 7.44. The number of carbonyl (C=O) groups is 2. The number of benzene rings is 2. The number of carboxylic acids is 1. The topological polar surface area (TPSA) is 83.6 Å². The Morgan fingerprint density at radius 1 is 1.07 bits per heavy atom. The molecule has 0 bridgehead atoms. The quantitative estimate of drug-likeness (QED) is 0.623. The monoisotopic (exact) mass is 382 g/mol. The molecular weight excluding hydrogens is 352 g/mol.